The standard InChI is InChI=1S/C7H11NO2/c1-10-5(9)6-2-7(8,3-6)4-6/h2-4,8H2,1H3/p+1. The largest absolute Gasteiger partial charge is 0.469 e. The fourth-order valence-electron chi connectivity index (χ4n) is 2.43. The average molecular weight is 142 g/mol. The van der Waals surface area contributed by atoms with Gasteiger partial charge in [0.15, 0.2) is 0 Å². The van der Waals surface area contributed by atoms with Crippen LogP contribution in [-0.4, -0.2) is 18.6 Å². The van der Waals surface area contributed by atoms with Gasteiger partial charge in [0.05, 0.1) is 18.1 Å². The number of methoxy groups -OCH3 is 1. The maximum Gasteiger partial charge on any atom is 0.312 e. The van der Waals surface area contributed by atoms with Gasteiger partial charge in [-0.3, -0.25) is 4.79 Å². The van der Waals surface area contributed by atoms with E-state index in [1.807, 2.05) is 0 Å². The monoisotopic (exact) mass is 142 g/mol. The molecule has 0 amide bonds. The van der Waals surface area contributed by atoms with Crippen molar-refractivity contribution < 1.29 is 15.3 Å². The Labute approximate surface area is 59.5 Å². The van der Waals surface area contributed by atoms with Gasteiger partial charge in [-0.2, -0.15) is 0 Å². The topological polar surface area (TPSA) is 53.9 Å². The fourth-order valence-corrected chi connectivity index (χ4v) is 2.43. The van der Waals surface area contributed by atoms with E-state index < -0.39 is 0 Å². The molecular weight excluding hydrogens is 130 g/mol. The highest BCUT2D eigenvalue weighted by Crippen LogP contribution is 2.65. The highest BCUT2D eigenvalue weighted by atomic mass is 16.5. The Hall–Kier alpha value is -0.570. The van der Waals surface area contributed by atoms with Crippen LogP contribution >= 0.6 is 0 Å². The Balaban J connectivity index is 2.04. The SMILES string of the molecule is COC(=O)C12CC([NH3+])(C1)C2. The first-order valence-electron chi connectivity index (χ1n) is 3.54. The lowest BCUT2D eigenvalue weighted by Gasteiger charge is -2.62. The smallest absolute Gasteiger partial charge is 0.312 e. The maximum absolute atomic E-state index is 11.0. The van der Waals surface area contributed by atoms with Crippen LogP contribution in [0.4, 0.5) is 0 Å². The minimum Gasteiger partial charge on any atom is -0.469 e. The quantitative estimate of drug-likeness (QED) is 0.493. The summed E-state index contributed by atoms with van der Waals surface area (Å²) in [6.07, 6.45) is 2.85. The summed E-state index contributed by atoms with van der Waals surface area (Å²) >= 11 is 0. The lowest BCUT2D eigenvalue weighted by molar-refractivity contribution is -0.563. The molecular formula is C7H12NO2+. The van der Waals surface area contributed by atoms with Gasteiger partial charge in [0.25, 0.3) is 0 Å². The van der Waals surface area contributed by atoms with Gasteiger partial charge in [-0.15, -0.1) is 0 Å². The van der Waals surface area contributed by atoms with Gasteiger partial charge >= 0.3 is 5.97 Å². The summed E-state index contributed by atoms with van der Waals surface area (Å²) in [5.41, 5.74) is 4.17. The van der Waals surface area contributed by atoms with E-state index in [-0.39, 0.29) is 16.9 Å². The van der Waals surface area contributed by atoms with Crippen LogP contribution in [0.1, 0.15) is 19.3 Å². The summed E-state index contributed by atoms with van der Waals surface area (Å²) in [7, 11) is 1.46. The van der Waals surface area contributed by atoms with Crippen molar-refractivity contribution in [2.45, 2.75) is 24.8 Å². The summed E-state index contributed by atoms with van der Waals surface area (Å²) in [5, 5.41) is 0. The summed E-state index contributed by atoms with van der Waals surface area (Å²) in [6, 6.07) is 0. The molecule has 3 rings (SSSR count). The highest BCUT2D eigenvalue weighted by molar-refractivity contribution is 5.81. The van der Waals surface area contributed by atoms with E-state index >= 15 is 0 Å². The van der Waals surface area contributed by atoms with Gasteiger partial charge in [0, 0.05) is 19.3 Å². The summed E-state index contributed by atoms with van der Waals surface area (Å²) in [5.74, 6) is -0.0296. The number of carbonyl (C=O) groups is 1. The molecule has 0 aromatic carbocycles. The van der Waals surface area contributed by atoms with Crippen LogP contribution in [0.25, 0.3) is 0 Å². The summed E-state index contributed by atoms with van der Waals surface area (Å²) in [6.45, 7) is 0. The first-order chi connectivity index (χ1) is 4.60. The molecule has 0 atom stereocenters. The lowest BCUT2D eigenvalue weighted by Crippen LogP contribution is -2.91. The Morgan fingerprint density at radius 2 is 2.00 bits per heavy atom. The van der Waals surface area contributed by atoms with Crippen LogP contribution in [0.3, 0.4) is 0 Å². The zero-order valence-corrected chi connectivity index (χ0v) is 6.14. The third-order valence-corrected chi connectivity index (χ3v) is 2.76. The first-order valence-corrected chi connectivity index (χ1v) is 3.54. The van der Waals surface area contributed by atoms with Crippen molar-refractivity contribution in [3.05, 3.63) is 0 Å². The van der Waals surface area contributed by atoms with Crippen LogP contribution in [-0.2, 0) is 9.53 Å². The summed E-state index contributed by atoms with van der Waals surface area (Å²) < 4.78 is 4.67. The second kappa shape index (κ2) is 1.37. The molecule has 0 radical (unpaired) electrons. The van der Waals surface area contributed by atoms with E-state index in [4.69, 9.17) is 0 Å². The predicted molar refractivity (Wildman–Crippen MR) is 33.9 cm³/mol. The van der Waals surface area contributed by atoms with Crippen LogP contribution in [0, 0.1) is 5.41 Å². The number of esters is 1. The third kappa shape index (κ3) is 0.475. The van der Waals surface area contributed by atoms with E-state index in [2.05, 4.69) is 10.5 Å². The summed E-state index contributed by atoms with van der Waals surface area (Å²) in [4.78, 5) is 11.0. The molecule has 0 aromatic heterocycles. The molecule has 3 aliphatic rings. The molecule has 0 saturated heterocycles. The second-order valence-corrected chi connectivity index (χ2v) is 3.80. The van der Waals surface area contributed by atoms with E-state index in [0.717, 1.165) is 19.3 Å². The molecule has 0 spiro atoms. The van der Waals surface area contributed by atoms with E-state index in [0.29, 0.717) is 0 Å². The van der Waals surface area contributed by atoms with Crippen molar-refractivity contribution in [1.29, 1.82) is 0 Å². The Morgan fingerprint density at radius 3 is 2.30 bits per heavy atom. The molecule has 3 fully saturated rings. The van der Waals surface area contributed by atoms with Crippen molar-refractivity contribution in [3.63, 3.8) is 0 Å². The predicted octanol–water partition coefficient (Wildman–Crippen LogP) is -0.676. The lowest BCUT2D eigenvalue weighted by atomic mass is 9.40. The molecule has 3 saturated carbocycles. The third-order valence-electron chi connectivity index (χ3n) is 2.76. The number of ether oxygens (including phenoxy) is 1. The van der Waals surface area contributed by atoms with Gasteiger partial charge in [-0.1, -0.05) is 0 Å². The average Bonchev–Trinajstić information content (AvgIpc) is 1.77. The first kappa shape index (κ1) is 6.16. The van der Waals surface area contributed by atoms with E-state index in [1.54, 1.807) is 0 Å². The van der Waals surface area contributed by atoms with Crippen molar-refractivity contribution >= 4 is 5.97 Å². The van der Waals surface area contributed by atoms with Gasteiger partial charge < -0.3 is 10.5 Å². The molecule has 3 heteroatoms. The van der Waals surface area contributed by atoms with Crippen LogP contribution < -0.4 is 5.73 Å². The molecule has 3 nitrogen and oxygen atoms in total. The number of hydrogen-bond acceptors (Lipinski definition) is 2. The molecule has 3 N–H and O–H groups in total. The Morgan fingerprint density at radius 1 is 1.50 bits per heavy atom. The normalized spacial score (nSPS) is 49.0. The minimum absolute atomic E-state index is 0.0296. The Kier molecular flexibility index (Phi) is 0.844. The highest BCUT2D eigenvalue weighted by Gasteiger charge is 2.74. The molecule has 3 aliphatic carbocycles. The molecule has 0 heterocycles. The van der Waals surface area contributed by atoms with Crippen LogP contribution in [0.15, 0.2) is 0 Å². The Bertz CT molecular complexity index is 180. The zero-order chi connectivity index (χ0) is 7.41. The fraction of sp³-hybridized carbons (Fsp3) is 0.857. The van der Waals surface area contributed by atoms with Crippen molar-refractivity contribution in [2.75, 3.05) is 7.11 Å². The van der Waals surface area contributed by atoms with Gasteiger partial charge in [0.1, 0.15) is 0 Å². The van der Waals surface area contributed by atoms with Gasteiger partial charge in [-0.25, -0.2) is 0 Å². The maximum atomic E-state index is 11.0. The van der Waals surface area contributed by atoms with E-state index in [9.17, 15) is 4.79 Å². The van der Waals surface area contributed by atoms with Crippen LogP contribution in [0.5, 0.6) is 0 Å². The number of quaternary nitrogens is 1. The number of hydrogen-bond donors (Lipinski definition) is 1. The molecule has 0 aromatic rings. The molecule has 0 aliphatic heterocycles. The van der Waals surface area contributed by atoms with Gasteiger partial charge in [-0.05, 0) is 0 Å². The minimum atomic E-state index is -0.0868. The zero-order valence-electron chi connectivity index (χ0n) is 6.14. The molecule has 0 unspecified atom stereocenters. The van der Waals surface area contributed by atoms with Crippen LogP contribution in [0.2, 0.25) is 0 Å². The van der Waals surface area contributed by atoms with Crippen molar-refractivity contribution in [1.82, 2.24) is 0 Å². The van der Waals surface area contributed by atoms with E-state index in [1.165, 1.54) is 7.11 Å². The number of rotatable bonds is 1. The number of carbonyl (C=O) groups excluding carboxylic acids is 1. The molecule has 10 heavy (non-hydrogen) atoms. The van der Waals surface area contributed by atoms with Crippen molar-refractivity contribution in [2.24, 2.45) is 5.41 Å². The molecule has 56 valence electrons. The molecule has 2 bridgehead atoms. The van der Waals surface area contributed by atoms with Crippen molar-refractivity contribution in [3.8, 4) is 0 Å². The van der Waals surface area contributed by atoms with Gasteiger partial charge in [0.2, 0.25) is 0 Å². The second-order valence-electron chi connectivity index (χ2n) is 3.80.